The summed E-state index contributed by atoms with van der Waals surface area (Å²) in [6, 6.07) is 0. The third kappa shape index (κ3) is 6.03. The maximum Gasteiger partial charge on any atom is 0.187 e. The van der Waals surface area contributed by atoms with Crippen LogP contribution in [0.1, 0.15) is 19.3 Å². The molecule has 2 rings (SSSR count). The molecule has 29 heavy (non-hydrogen) atoms. The van der Waals surface area contributed by atoms with Crippen LogP contribution in [0.15, 0.2) is 0 Å². The van der Waals surface area contributed by atoms with Crippen molar-refractivity contribution in [2.45, 2.75) is 80.7 Å². The van der Waals surface area contributed by atoms with E-state index in [0.717, 1.165) is 12.8 Å². The lowest BCUT2D eigenvalue weighted by atomic mass is 9.97. The van der Waals surface area contributed by atoms with Crippen LogP contribution in [0.3, 0.4) is 0 Å². The molecule has 12 nitrogen and oxygen atoms in total. The minimum atomic E-state index is -1.70. The molecule has 2 aliphatic heterocycles. The second-order valence-corrected chi connectivity index (χ2v) is 7.22. The lowest BCUT2D eigenvalue weighted by molar-refractivity contribution is -0.367. The summed E-state index contributed by atoms with van der Waals surface area (Å²) < 4.78 is 21.9. The molecular weight excluding hydrogens is 394 g/mol. The Morgan fingerprint density at radius 2 is 1.28 bits per heavy atom. The molecule has 0 amide bonds. The Morgan fingerprint density at radius 1 is 0.690 bits per heavy atom. The zero-order chi connectivity index (χ0) is 21.6. The molecule has 10 atom stereocenters. The minimum Gasteiger partial charge on any atom is -0.394 e. The predicted octanol–water partition coefficient (Wildman–Crippen LogP) is -4.24. The molecule has 0 saturated carbocycles. The Labute approximate surface area is 168 Å². The summed E-state index contributed by atoms with van der Waals surface area (Å²) in [5.41, 5.74) is 5.44. The highest BCUT2D eigenvalue weighted by molar-refractivity contribution is 4.93. The van der Waals surface area contributed by atoms with Gasteiger partial charge in [0.25, 0.3) is 0 Å². The van der Waals surface area contributed by atoms with Crippen LogP contribution in [0.2, 0.25) is 0 Å². The van der Waals surface area contributed by atoms with Crippen LogP contribution >= 0.6 is 0 Å². The van der Waals surface area contributed by atoms with E-state index in [1.807, 2.05) is 0 Å². The lowest BCUT2D eigenvalue weighted by Crippen LogP contribution is -2.64. The second kappa shape index (κ2) is 11.8. The number of rotatable bonds is 10. The average molecular weight is 427 g/mol. The number of hydrogen-bond acceptors (Lipinski definition) is 12. The molecule has 2 heterocycles. The van der Waals surface area contributed by atoms with Gasteiger partial charge in [-0.3, -0.25) is 0 Å². The molecule has 0 aromatic carbocycles. The molecule has 9 N–H and O–H groups in total. The highest BCUT2D eigenvalue weighted by Gasteiger charge is 2.50. The zero-order valence-electron chi connectivity index (χ0n) is 16.1. The first kappa shape index (κ1) is 24.8. The highest BCUT2D eigenvalue weighted by Crippen LogP contribution is 2.29. The van der Waals surface area contributed by atoms with E-state index in [1.165, 1.54) is 0 Å². The first-order valence-electron chi connectivity index (χ1n) is 9.75. The van der Waals surface area contributed by atoms with Crippen LogP contribution in [-0.2, 0) is 18.9 Å². The van der Waals surface area contributed by atoms with Crippen molar-refractivity contribution in [1.82, 2.24) is 0 Å². The predicted molar refractivity (Wildman–Crippen MR) is 95.3 cm³/mol. The Bertz CT molecular complexity index is 471. The van der Waals surface area contributed by atoms with Gasteiger partial charge in [-0.25, -0.2) is 0 Å². The molecule has 0 radical (unpaired) electrons. The van der Waals surface area contributed by atoms with E-state index in [-0.39, 0.29) is 6.61 Å². The van der Waals surface area contributed by atoms with Crippen LogP contribution in [-0.4, -0.2) is 124 Å². The summed E-state index contributed by atoms with van der Waals surface area (Å²) in [5, 5.41) is 69.1. The van der Waals surface area contributed by atoms with Crippen molar-refractivity contribution < 1.29 is 54.7 Å². The molecule has 2 saturated heterocycles. The highest BCUT2D eigenvalue weighted by atomic mass is 16.8. The smallest absolute Gasteiger partial charge is 0.187 e. The van der Waals surface area contributed by atoms with Crippen LogP contribution in [0.5, 0.6) is 0 Å². The van der Waals surface area contributed by atoms with Gasteiger partial charge in [0.2, 0.25) is 0 Å². The molecule has 0 bridgehead atoms. The van der Waals surface area contributed by atoms with Crippen molar-refractivity contribution >= 4 is 0 Å². The Hall–Kier alpha value is -0.480. The van der Waals surface area contributed by atoms with Gasteiger partial charge in [0, 0.05) is 6.61 Å². The largest absolute Gasteiger partial charge is 0.394 e. The molecule has 0 unspecified atom stereocenters. The summed E-state index contributed by atoms with van der Waals surface area (Å²) in [4.78, 5) is 0. The molecule has 2 fully saturated rings. The molecule has 2 aliphatic rings. The van der Waals surface area contributed by atoms with Crippen molar-refractivity contribution in [2.24, 2.45) is 5.73 Å². The fourth-order valence-corrected chi connectivity index (χ4v) is 3.29. The normalized spacial score (nSPS) is 43.4. The first-order chi connectivity index (χ1) is 13.8. The third-order valence-electron chi connectivity index (χ3n) is 5.09. The summed E-state index contributed by atoms with van der Waals surface area (Å²) in [6.07, 6.45) is -12.2. The average Bonchev–Trinajstić information content (AvgIpc) is 2.72. The lowest BCUT2D eigenvalue weighted by Gasteiger charge is -2.45. The molecule has 172 valence electrons. The number of hydrogen-bond donors (Lipinski definition) is 8. The molecule has 0 spiro atoms. The molecule has 0 aromatic rings. The fraction of sp³-hybridized carbons (Fsp3) is 1.00. The minimum absolute atomic E-state index is 0.222. The van der Waals surface area contributed by atoms with E-state index < -0.39 is 74.6 Å². The maximum atomic E-state index is 10.4. The van der Waals surface area contributed by atoms with Gasteiger partial charge in [-0.05, 0) is 25.8 Å². The van der Waals surface area contributed by atoms with Crippen LogP contribution in [0, 0.1) is 0 Å². The number of unbranched alkanes of at least 4 members (excludes halogenated alkanes) is 2. The summed E-state index contributed by atoms with van der Waals surface area (Å²) in [7, 11) is 0. The van der Waals surface area contributed by atoms with Crippen molar-refractivity contribution in [1.29, 1.82) is 0 Å². The van der Waals surface area contributed by atoms with Crippen LogP contribution in [0.25, 0.3) is 0 Å². The first-order valence-corrected chi connectivity index (χ1v) is 9.75. The summed E-state index contributed by atoms with van der Waals surface area (Å²) in [5.74, 6) is 0. The Morgan fingerprint density at radius 3 is 1.86 bits per heavy atom. The third-order valence-corrected chi connectivity index (χ3v) is 5.09. The van der Waals surface area contributed by atoms with Gasteiger partial charge in [0.05, 0.1) is 13.2 Å². The summed E-state index contributed by atoms with van der Waals surface area (Å²) in [6.45, 7) is -0.455. The van der Waals surface area contributed by atoms with E-state index in [4.69, 9.17) is 24.7 Å². The monoisotopic (exact) mass is 427 g/mol. The van der Waals surface area contributed by atoms with Crippen molar-refractivity contribution in [3.63, 3.8) is 0 Å². The number of aliphatic hydroxyl groups excluding tert-OH is 7. The standard InChI is InChI=1S/C17H33NO11/c18-4-2-1-3-5-26-17-15(13(24)11(22)9(7-20)28-17)29-16-14(25)12(23)10(21)8(6-19)27-16/h8-17,19-25H,1-7,18H2/t8-,9-,10-,11-,12+,13+,14-,15-,16-,17+/m1/s1. The van der Waals surface area contributed by atoms with Gasteiger partial charge in [-0.1, -0.05) is 0 Å². The van der Waals surface area contributed by atoms with Gasteiger partial charge < -0.3 is 60.4 Å². The van der Waals surface area contributed by atoms with Gasteiger partial charge in [0.15, 0.2) is 12.6 Å². The zero-order valence-corrected chi connectivity index (χ0v) is 16.1. The number of ether oxygens (including phenoxy) is 4. The van der Waals surface area contributed by atoms with Crippen molar-refractivity contribution in [2.75, 3.05) is 26.4 Å². The maximum absolute atomic E-state index is 10.4. The summed E-state index contributed by atoms with van der Waals surface area (Å²) >= 11 is 0. The van der Waals surface area contributed by atoms with Crippen LogP contribution < -0.4 is 5.73 Å². The number of nitrogens with two attached hydrogens (primary N) is 1. The molecule has 12 heteroatoms. The van der Waals surface area contributed by atoms with Crippen molar-refractivity contribution in [3.8, 4) is 0 Å². The van der Waals surface area contributed by atoms with E-state index in [9.17, 15) is 35.7 Å². The van der Waals surface area contributed by atoms with Gasteiger partial charge >= 0.3 is 0 Å². The second-order valence-electron chi connectivity index (χ2n) is 7.22. The van der Waals surface area contributed by atoms with Gasteiger partial charge in [-0.2, -0.15) is 0 Å². The van der Waals surface area contributed by atoms with Crippen molar-refractivity contribution in [3.05, 3.63) is 0 Å². The molecule has 0 aromatic heterocycles. The topological polar surface area (TPSA) is 205 Å². The van der Waals surface area contributed by atoms with E-state index >= 15 is 0 Å². The van der Waals surface area contributed by atoms with E-state index in [2.05, 4.69) is 0 Å². The van der Waals surface area contributed by atoms with E-state index in [0.29, 0.717) is 13.0 Å². The Kier molecular flexibility index (Phi) is 10.1. The van der Waals surface area contributed by atoms with E-state index in [1.54, 1.807) is 0 Å². The number of aliphatic hydroxyl groups is 7. The van der Waals surface area contributed by atoms with Crippen LogP contribution in [0.4, 0.5) is 0 Å². The van der Waals surface area contributed by atoms with Gasteiger partial charge in [0.1, 0.15) is 48.8 Å². The molecular formula is C17H33NO11. The Balaban J connectivity index is 2.07. The fourth-order valence-electron chi connectivity index (χ4n) is 3.29. The van der Waals surface area contributed by atoms with Gasteiger partial charge in [-0.15, -0.1) is 0 Å². The molecule has 0 aliphatic carbocycles. The quantitative estimate of drug-likeness (QED) is 0.156. The SMILES string of the molecule is NCCCCCO[C@H]1O[C@H](CO)[C@@H](O)[C@H](O)[C@H]1O[C@H]1O[C@H](CO)[C@@H](O)[C@H](O)[C@H]1O.